The topological polar surface area (TPSA) is 52.6 Å². The molecule has 0 aliphatic heterocycles. The molecular weight excluding hydrogens is 404 g/mol. The highest BCUT2D eigenvalue weighted by Gasteiger charge is 2.29. The fourth-order valence-electron chi connectivity index (χ4n) is 3.89. The minimum absolute atomic E-state index is 0.266. The van der Waals surface area contributed by atoms with E-state index in [9.17, 15) is 9.59 Å². The number of esters is 2. The molecule has 0 bridgehead atoms. The number of hydrogen-bond acceptors (Lipinski definition) is 4. The van der Waals surface area contributed by atoms with Gasteiger partial charge in [0.2, 0.25) is 0 Å². The largest absolute Gasteiger partial charge is 0.465 e. The van der Waals surface area contributed by atoms with E-state index in [0.29, 0.717) is 12.8 Å². The molecule has 0 saturated heterocycles. The Morgan fingerprint density at radius 2 is 1.29 bits per heavy atom. The zero-order chi connectivity index (χ0) is 23.1. The summed E-state index contributed by atoms with van der Waals surface area (Å²) in [5.41, 5.74) is 2.49. The van der Waals surface area contributed by atoms with Crippen molar-refractivity contribution < 1.29 is 19.1 Å². The zero-order valence-electron chi connectivity index (χ0n) is 20.5. The molecule has 176 valence electrons. The quantitative estimate of drug-likeness (QED) is 0.124. The summed E-state index contributed by atoms with van der Waals surface area (Å²) < 4.78 is 10.1. The SMILES string of the molecule is CCCC[Si](C)(C)CCCCCc1ccc(CCC(C(=O)OCC)C(=O)OCC)cc1. The van der Waals surface area contributed by atoms with E-state index in [1.54, 1.807) is 13.8 Å². The summed E-state index contributed by atoms with van der Waals surface area (Å²) in [6, 6.07) is 11.5. The smallest absolute Gasteiger partial charge is 0.320 e. The van der Waals surface area contributed by atoms with E-state index in [1.807, 2.05) is 0 Å². The molecule has 0 fully saturated rings. The number of benzene rings is 1. The van der Waals surface area contributed by atoms with Crippen LogP contribution in [-0.4, -0.2) is 33.2 Å². The summed E-state index contributed by atoms with van der Waals surface area (Å²) >= 11 is 0. The number of unbranched alkanes of at least 4 members (excludes halogenated alkanes) is 3. The van der Waals surface area contributed by atoms with Crippen molar-refractivity contribution in [2.45, 2.75) is 97.3 Å². The fourth-order valence-corrected chi connectivity index (χ4v) is 6.66. The Kier molecular flexibility index (Phi) is 13.5. The second-order valence-corrected chi connectivity index (χ2v) is 14.6. The van der Waals surface area contributed by atoms with Crippen LogP contribution in [0.15, 0.2) is 24.3 Å². The predicted molar refractivity (Wildman–Crippen MR) is 131 cm³/mol. The van der Waals surface area contributed by atoms with Gasteiger partial charge in [-0.15, -0.1) is 0 Å². The van der Waals surface area contributed by atoms with Crippen molar-refractivity contribution in [3.63, 3.8) is 0 Å². The van der Waals surface area contributed by atoms with Gasteiger partial charge in [-0.2, -0.15) is 0 Å². The number of rotatable bonds is 16. The van der Waals surface area contributed by atoms with Gasteiger partial charge in [-0.3, -0.25) is 9.59 Å². The molecular formula is C26H44O4Si. The van der Waals surface area contributed by atoms with Gasteiger partial charge in [-0.1, -0.05) is 82.1 Å². The lowest BCUT2D eigenvalue weighted by Gasteiger charge is -2.21. The van der Waals surface area contributed by atoms with Crippen LogP contribution in [0.25, 0.3) is 0 Å². The van der Waals surface area contributed by atoms with Crippen molar-refractivity contribution in [2.24, 2.45) is 5.92 Å². The maximum absolute atomic E-state index is 12.1. The minimum atomic E-state index is -0.973. The standard InChI is InChI=1S/C26H44O4Si/c1-6-9-20-31(4,5)21-12-10-11-13-22-14-16-23(17-15-22)18-19-24(25(27)29-7-2)26(28)30-8-3/h14-17,24H,6-13,18-21H2,1-5H3. The van der Waals surface area contributed by atoms with Crippen LogP contribution in [0, 0.1) is 5.92 Å². The monoisotopic (exact) mass is 448 g/mol. The van der Waals surface area contributed by atoms with Crippen LogP contribution in [0.2, 0.25) is 25.2 Å². The average molecular weight is 449 g/mol. The van der Waals surface area contributed by atoms with Gasteiger partial charge in [-0.25, -0.2) is 0 Å². The number of ether oxygens (including phenoxy) is 2. The predicted octanol–water partition coefficient (Wildman–Crippen LogP) is 6.58. The third kappa shape index (κ3) is 11.5. The molecule has 0 atom stereocenters. The number of carbonyl (C=O) groups is 2. The molecule has 0 aliphatic rings. The second-order valence-electron chi connectivity index (χ2n) is 9.24. The summed E-state index contributed by atoms with van der Waals surface area (Å²) in [4.78, 5) is 24.2. The van der Waals surface area contributed by atoms with Crippen LogP contribution in [0.3, 0.4) is 0 Å². The number of aryl methyl sites for hydroxylation is 2. The van der Waals surface area contributed by atoms with E-state index in [4.69, 9.17) is 9.47 Å². The van der Waals surface area contributed by atoms with Crippen molar-refractivity contribution in [2.75, 3.05) is 13.2 Å². The first kappa shape index (κ1) is 27.4. The summed E-state index contributed by atoms with van der Waals surface area (Å²) in [5.74, 6) is -1.82. The van der Waals surface area contributed by atoms with Gasteiger partial charge in [0, 0.05) is 8.07 Å². The molecule has 1 aromatic rings. The fraction of sp³-hybridized carbons (Fsp3) is 0.692. The molecule has 0 N–H and O–H groups in total. The first-order valence-electron chi connectivity index (χ1n) is 12.2. The van der Waals surface area contributed by atoms with E-state index in [-0.39, 0.29) is 13.2 Å². The summed E-state index contributed by atoms with van der Waals surface area (Å²) in [7, 11) is -0.973. The van der Waals surface area contributed by atoms with Crippen LogP contribution in [-0.2, 0) is 31.9 Å². The van der Waals surface area contributed by atoms with Gasteiger partial charge in [0.25, 0.3) is 0 Å². The first-order chi connectivity index (χ1) is 14.8. The highest BCUT2D eigenvalue weighted by Crippen LogP contribution is 2.22. The molecule has 1 rings (SSSR count). The van der Waals surface area contributed by atoms with Gasteiger partial charge >= 0.3 is 11.9 Å². The summed E-state index contributed by atoms with van der Waals surface area (Å²) in [6.07, 6.45) is 8.81. The molecule has 0 radical (unpaired) electrons. The molecule has 5 heteroatoms. The molecule has 31 heavy (non-hydrogen) atoms. The molecule has 1 aromatic carbocycles. The lowest BCUT2D eigenvalue weighted by molar-refractivity contribution is -0.161. The Morgan fingerprint density at radius 1 is 0.774 bits per heavy atom. The van der Waals surface area contributed by atoms with Crippen LogP contribution >= 0.6 is 0 Å². The van der Waals surface area contributed by atoms with Crippen molar-refractivity contribution >= 4 is 20.0 Å². The number of hydrogen-bond donors (Lipinski definition) is 0. The molecule has 0 aliphatic carbocycles. The first-order valence-corrected chi connectivity index (χ1v) is 15.7. The van der Waals surface area contributed by atoms with Gasteiger partial charge in [0.15, 0.2) is 5.92 Å². The lowest BCUT2D eigenvalue weighted by atomic mass is 9.98. The summed E-state index contributed by atoms with van der Waals surface area (Å²) in [6.45, 7) is 11.4. The highest BCUT2D eigenvalue weighted by atomic mass is 28.3. The van der Waals surface area contributed by atoms with Crippen LogP contribution in [0.4, 0.5) is 0 Å². The maximum Gasteiger partial charge on any atom is 0.320 e. The van der Waals surface area contributed by atoms with Gasteiger partial charge < -0.3 is 9.47 Å². The Morgan fingerprint density at radius 3 is 1.81 bits per heavy atom. The van der Waals surface area contributed by atoms with E-state index < -0.39 is 25.9 Å². The number of carbonyl (C=O) groups excluding carboxylic acids is 2. The average Bonchev–Trinajstić information content (AvgIpc) is 2.73. The van der Waals surface area contributed by atoms with Gasteiger partial charge in [-0.05, 0) is 50.7 Å². The van der Waals surface area contributed by atoms with E-state index >= 15 is 0 Å². The van der Waals surface area contributed by atoms with Crippen LogP contribution in [0.5, 0.6) is 0 Å². The Hall–Kier alpha value is -1.62. The van der Waals surface area contributed by atoms with Crippen molar-refractivity contribution in [3.8, 4) is 0 Å². The van der Waals surface area contributed by atoms with Crippen molar-refractivity contribution in [1.29, 1.82) is 0 Å². The zero-order valence-corrected chi connectivity index (χ0v) is 21.5. The Labute approximate surface area is 191 Å². The van der Waals surface area contributed by atoms with E-state index in [0.717, 1.165) is 12.0 Å². The molecule has 0 saturated carbocycles. The van der Waals surface area contributed by atoms with Gasteiger partial charge in [0.1, 0.15) is 0 Å². The Balaban J connectivity index is 2.41. The second kappa shape index (κ2) is 15.2. The maximum atomic E-state index is 12.1. The molecule has 0 aromatic heterocycles. The van der Waals surface area contributed by atoms with Crippen LogP contribution in [0.1, 0.15) is 70.4 Å². The van der Waals surface area contributed by atoms with E-state index in [1.165, 1.54) is 49.8 Å². The minimum Gasteiger partial charge on any atom is -0.465 e. The highest BCUT2D eigenvalue weighted by molar-refractivity contribution is 6.77. The van der Waals surface area contributed by atoms with Crippen LogP contribution < -0.4 is 0 Å². The molecule has 0 unspecified atom stereocenters. The molecule has 4 nitrogen and oxygen atoms in total. The normalized spacial score (nSPS) is 11.5. The van der Waals surface area contributed by atoms with Crippen molar-refractivity contribution in [3.05, 3.63) is 35.4 Å². The third-order valence-electron chi connectivity index (χ3n) is 5.91. The molecule has 0 spiro atoms. The Bertz CT molecular complexity index is 621. The molecule has 0 amide bonds. The summed E-state index contributed by atoms with van der Waals surface area (Å²) in [5, 5.41) is 0. The third-order valence-corrected chi connectivity index (χ3v) is 9.33. The lowest BCUT2D eigenvalue weighted by Crippen LogP contribution is -2.28. The van der Waals surface area contributed by atoms with Gasteiger partial charge in [0.05, 0.1) is 13.2 Å². The molecule has 0 heterocycles. The van der Waals surface area contributed by atoms with E-state index in [2.05, 4.69) is 44.3 Å². The van der Waals surface area contributed by atoms with Crippen molar-refractivity contribution in [1.82, 2.24) is 0 Å².